The Morgan fingerprint density at radius 1 is 0.142 bits per heavy atom. The van der Waals surface area contributed by atoms with Gasteiger partial charge in [-0.3, -0.25) is 0 Å². The number of rotatable bonds is 10. The Bertz CT molecular complexity index is 7080. The lowest BCUT2D eigenvalue weighted by Gasteiger charge is -2.44. The molecule has 0 aliphatic carbocycles. The fourth-order valence-corrected chi connectivity index (χ4v) is 18.7. The minimum Gasteiger partial charge on any atom is -0.311 e. The van der Waals surface area contributed by atoms with Crippen LogP contribution in [0.15, 0.2) is 419 Å². The van der Waals surface area contributed by atoms with Gasteiger partial charge in [0, 0.05) is 34.1 Å². The first-order valence-electron chi connectivity index (χ1n) is 39.3. The molecule has 0 saturated carbocycles. The summed E-state index contributed by atoms with van der Waals surface area (Å²) in [4.78, 5) is 5.14. The number of benzene rings is 21. The summed E-state index contributed by atoms with van der Waals surface area (Å²) in [6.07, 6.45) is 0. The molecule has 0 amide bonds. The zero-order valence-corrected chi connectivity index (χ0v) is 61.8. The fraction of sp³-hybridized carbons (Fsp3) is 0. The molecule has 0 fully saturated rings. The molecule has 0 unspecified atom stereocenters. The first kappa shape index (κ1) is 64.4. The molecule has 0 spiro atoms. The minimum absolute atomic E-state index is 0.226. The number of nitrogens with zero attached hydrogens (tertiary/aromatic N) is 2. The molecular weight excluding hydrogens is 1360 g/mol. The van der Waals surface area contributed by atoms with Crippen LogP contribution in [0, 0.1) is 0 Å². The Labute approximate surface area is 656 Å². The lowest BCUT2D eigenvalue weighted by atomic mass is 9.33. The van der Waals surface area contributed by atoms with Gasteiger partial charge < -0.3 is 9.80 Å². The minimum atomic E-state index is -0.226. The topological polar surface area (TPSA) is 6.48 Å². The Morgan fingerprint density at radius 3 is 0.602 bits per heavy atom. The van der Waals surface area contributed by atoms with Gasteiger partial charge in [0.1, 0.15) is 0 Å². The van der Waals surface area contributed by atoms with Crippen LogP contribution in [-0.2, 0) is 0 Å². The van der Waals surface area contributed by atoms with Gasteiger partial charge in [-0.05, 0) is 313 Å². The van der Waals surface area contributed by atoms with E-state index in [1.165, 1.54) is 169 Å². The van der Waals surface area contributed by atoms with Crippen molar-refractivity contribution in [1.82, 2.24) is 0 Å². The summed E-state index contributed by atoms with van der Waals surface area (Å²) in [6.45, 7) is -0.226. The molecule has 2 heterocycles. The molecule has 113 heavy (non-hydrogen) atoms. The van der Waals surface area contributed by atoms with E-state index in [0.29, 0.717) is 0 Å². The summed E-state index contributed by atoms with van der Waals surface area (Å²) in [6, 6.07) is 158. The van der Waals surface area contributed by atoms with Gasteiger partial charge in [0.25, 0.3) is 6.71 Å². The molecule has 2 aliphatic rings. The maximum Gasteiger partial charge on any atom is 0.252 e. The molecule has 0 atom stereocenters. The first-order valence-corrected chi connectivity index (χ1v) is 39.3. The molecular formula is C110H69BN2. The number of hydrogen-bond acceptors (Lipinski definition) is 2. The summed E-state index contributed by atoms with van der Waals surface area (Å²) in [5, 5.41) is 19.5. The van der Waals surface area contributed by atoms with E-state index < -0.39 is 0 Å². The third kappa shape index (κ3) is 10.9. The standard InChI is InChI=1S/C110H69BN2/c1-5-22-76-56-88(40-36-70(76)18-1)98-62-82-28-11-9-26-80(82)60-96(98)74-44-50-94(51-45-74)112-106-54-48-92(102-66-86-32-15-13-30-84(86)64-100(102)90-42-38-72-20-3-7-24-78(72)58-90)68-104(106)111-105-69-93(103-67-87-33-16-14-31-85(87)65-101(103)91-43-39-73-21-4-8-25-79(73)59-91)49-55-107(105)113(109-35-17-34-108(112)110(109)111)95-52-46-75(47-53-95)97-61-81-27-10-12-29-83(81)63-99(97)89-41-37-71-19-2-6-23-77(71)57-89/h1-69H. The third-order valence-corrected chi connectivity index (χ3v) is 24.3. The van der Waals surface area contributed by atoms with Crippen molar-refractivity contribution >= 4 is 143 Å². The molecule has 0 radical (unpaired) electrons. The Balaban J connectivity index is 0.758. The fourth-order valence-electron chi connectivity index (χ4n) is 18.7. The number of fused-ring (bicyclic) bond motifs is 12. The normalized spacial score (nSPS) is 12.4. The molecule has 21 aromatic rings. The van der Waals surface area contributed by atoms with Crippen LogP contribution in [0.2, 0.25) is 0 Å². The number of anilines is 6. The van der Waals surface area contributed by atoms with Gasteiger partial charge in [-0.25, -0.2) is 0 Å². The second kappa shape index (κ2) is 26.0. The van der Waals surface area contributed by atoms with Gasteiger partial charge in [0.05, 0.1) is 0 Å². The number of hydrogen-bond donors (Lipinski definition) is 0. The van der Waals surface area contributed by atoms with Crippen molar-refractivity contribution in [3.8, 4) is 89.0 Å². The highest BCUT2D eigenvalue weighted by Gasteiger charge is 2.44. The molecule has 23 rings (SSSR count). The molecule has 2 aliphatic heterocycles. The van der Waals surface area contributed by atoms with Crippen LogP contribution in [0.25, 0.3) is 175 Å². The second-order valence-corrected chi connectivity index (χ2v) is 30.7. The van der Waals surface area contributed by atoms with Crippen LogP contribution in [0.3, 0.4) is 0 Å². The summed E-state index contributed by atoms with van der Waals surface area (Å²) >= 11 is 0. The highest BCUT2D eigenvalue weighted by atomic mass is 15.2. The molecule has 2 nitrogen and oxygen atoms in total. The Kier molecular flexibility index (Phi) is 14.8. The maximum absolute atomic E-state index is 2.57. The van der Waals surface area contributed by atoms with Crippen molar-refractivity contribution in [2.24, 2.45) is 0 Å². The smallest absolute Gasteiger partial charge is 0.252 e. The third-order valence-electron chi connectivity index (χ3n) is 24.3. The predicted octanol–water partition coefficient (Wildman–Crippen LogP) is 28.3. The van der Waals surface area contributed by atoms with E-state index in [-0.39, 0.29) is 6.71 Å². The predicted molar refractivity (Wildman–Crippen MR) is 484 cm³/mol. The SMILES string of the molecule is c1cc2c3c(c1)N(c1ccc(-c4cc5ccccc5cc4-c4ccc5ccccc5c4)cc1)c1ccc(-c4cc5ccccc5cc4-c4ccc5ccccc5c4)cc1B3c1cc(-c3cc4ccccc4cc3-c3ccc4ccccc4c3)ccc1N2c1ccc(-c2cc3ccccc3cc2-c2ccc3ccccc3c2)cc1. The van der Waals surface area contributed by atoms with Crippen molar-refractivity contribution in [3.05, 3.63) is 419 Å². The van der Waals surface area contributed by atoms with Gasteiger partial charge in [-0.2, -0.15) is 0 Å². The first-order chi connectivity index (χ1) is 55.9. The van der Waals surface area contributed by atoms with Crippen molar-refractivity contribution in [1.29, 1.82) is 0 Å². The summed E-state index contributed by atoms with van der Waals surface area (Å²) in [5.41, 5.74) is 29.4. The maximum atomic E-state index is 2.57. The molecule has 0 saturated heterocycles. The van der Waals surface area contributed by atoms with Gasteiger partial charge in [0.15, 0.2) is 0 Å². The molecule has 0 bridgehead atoms. The zero-order valence-electron chi connectivity index (χ0n) is 61.8. The van der Waals surface area contributed by atoms with E-state index in [2.05, 4.69) is 428 Å². The Morgan fingerprint density at radius 2 is 0.345 bits per heavy atom. The largest absolute Gasteiger partial charge is 0.311 e. The average Bonchev–Trinajstić information content (AvgIpc) is 0.695. The van der Waals surface area contributed by atoms with Crippen molar-refractivity contribution in [3.63, 3.8) is 0 Å². The highest BCUT2D eigenvalue weighted by molar-refractivity contribution is 7.00. The van der Waals surface area contributed by atoms with E-state index in [9.17, 15) is 0 Å². The van der Waals surface area contributed by atoms with Gasteiger partial charge in [0.2, 0.25) is 0 Å². The van der Waals surface area contributed by atoms with Crippen LogP contribution in [-0.4, -0.2) is 6.71 Å². The lowest BCUT2D eigenvalue weighted by Crippen LogP contribution is -2.61. The summed E-state index contributed by atoms with van der Waals surface area (Å²) in [7, 11) is 0. The summed E-state index contributed by atoms with van der Waals surface area (Å²) in [5.74, 6) is 0. The van der Waals surface area contributed by atoms with Crippen LogP contribution >= 0.6 is 0 Å². The van der Waals surface area contributed by atoms with E-state index in [1.807, 2.05) is 0 Å². The van der Waals surface area contributed by atoms with Gasteiger partial charge in [-0.15, -0.1) is 0 Å². The monoisotopic (exact) mass is 1430 g/mol. The van der Waals surface area contributed by atoms with Gasteiger partial charge in [-0.1, -0.05) is 297 Å². The van der Waals surface area contributed by atoms with E-state index in [0.717, 1.165) is 56.4 Å². The highest BCUT2D eigenvalue weighted by Crippen LogP contribution is 2.50. The van der Waals surface area contributed by atoms with Crippen LogP contribution in [0.5, 0.6) is 0 Å². The lowest BCUT2D eigenvalue weighted by molar-refractivity contribution is 1.25. The molecule has 3 heteroatoms. The van der Waals surface area contributed by atoms with Crippen molar-refractivity contribution < 1.29 is 0 Å². The van der Waals surface area contributed by atoms with Crippen LogP contribution < -0.4 is 26.2 Å². The van der Waals surface area contributed by atoms with Crippen LogP contribution in [0.1, 0.15) is 0 Å². The average molecular weight is 1430 g/mol. The van der Waals surface area contributed by atoms with E-state index in [1.54, 1.807) is 0 Å². The van der Waals surface area contributed by atoms with E-state index in [4.69, 9.17) is 0 Å². The van der Waals surface area contributed by atoms with Crippen molar-refractivity contribution in [2.45, 2.75) is 0 Å². The molecule has 522 valence electrons. The zero-order chi connectivity index (χ0) is 74.2. The van der Waals surface area contributed by atoms with Gasteiger partial charge >= 0.3 is 0 Å². The van der Waals surface area contributed by atoms with Crippen molar-refractivity contribution in [2.75, 3.05) is 9.80 Å². The molecule has 21 aromatic carbocycles. The molecule has 0 N–H and O–H groups in total. The van der Waals surface area contributed by atoms with E-state index >= 15 is 0 Å². The second-order valence-electron chi connectivity index (χ2n) is 30.7. The molecule has 0 aromatic heterocycles. The van der Waals surface area contributed by atoms with Crippen LogP contribution in [0.4, 0.5) is 34.1 Å². The summed E-state index contributed by atoms with van der Waals surface area (Å²) < 4.78 is 0. The quantitative estimate of drug-likeness (QED) is 0.126. The Hall–Kier alpha value is -14.6.